The molecule has 1 atom stereocenters. The first kappa shape index (κ1) is 19.1. The first-order chi connectivity index (χ1) is 12.5. The van der Waals surface area contributed by atoms with E-state index in [1.54, 1.807) is 29.7 Å². The van der Waals surface area contributed by atoms with Crippen molar-refractivity contribution in [1.29, 1.82) is 0 Å². The van der Waals surface area contributed by atoms with Gasteiger partial charge in [0, 0.05) is 37.9 Å². The maximum atomic E-state index is 13.4. The third-order valence-electron chi connectivity index (χ3n) is 4.96. The molecule has 1 aromatic carbocycles. The number of aryl methyl sites for hydroxylation is 1. The Morgan fingerprint density at radius 3 is 2.88 bits per heavy atom. The van der Waals surface area contributed by atoms with Crippen molar-refractivity contribution >= 4 is 10.0 Å². The van der Waals surface area contributed by atoms with Crippen LogP contribution in [-0.2, 0) is 14.8 Å². The maximum Gasteiger partial charge on any atom is 0.243 e. The van der Waals surface area contributed by atoms with Crippen LogP contribution in [0.4, 0.5) is 0 Å². The molecule has 7 heteroatoms. The fraction of sp³-hybridized carbons (Fsp3) is 0.526. The first-order valence-corrected chi connectivity index (χ1v) is 10.5. The number of hydrogen-bond acceptors (Lipinski definition) is 5. The largest absolute Gasteiger partial charge is 0.385 e. The number of sulfonamides is 1. The summed E-state index contributed by atoms with van der Waals surface area (Å²) in [5.74, 6) is 0.566. The minimum absolute atomic E-state index is 0.0391. The van der Waals surface area contributed by atoms with E-state index in [1.807, 2.05) is 19.1 Å². The zero-order valence-electron chi connectivity index (χ0n) is 15.3. The second kappa shape index (κ2) is 8.33. The molecular weight excluding hydrogens is 352 g/mol. The van der Waals surface area contributed by atoms with Gasteiger partial charge in [0.05, 0.1) is 11.1 Å². The summed E-state index contributed by atoms with van der Waals surface area (Å²) >= 11 is 0. The Bertz CT molecular complexity index is 818. The van der Waals surface area contributed by atoms with Crippen LogP contribution in [0.15, 0.2) is 39.9 Å². The molecule has 1 aliphatic rings. The van der Waals surface area contributed by atoms with Gasteiger partial charge in [0.2, 0.25) is 10.0 Å². The molecule has 0 N–H and O–H groups in total. The van der Waals surface area contributed by atoms with Crippen LogP contribution in [-0.4, -0.2) is 44.2 Å². The Morgan fingerprint density at radius 1 is 1.31 bits per heavy atom. The van der Waals surface area contributed by atoms with Crippen molar-refractivity contribution in [2.45, 2.75) is 50.0 Å². The van der Waals surface area contributed by atoms with Crippen LogP contribution in [0.3, 0.4) is 0 Å². The van der Waals surface area contributed by atoms with Crippen molar-refractivity contribution < 1.29 is 17.7 Å². The molecule has 0 aliphatic carbocycles. The van der Waals surface area contributed by atoms with Crippen molar-refractivity contribution in [1.82, 2.24) is 9.46 Å². The Hall–Kier alpha value is -1.70. The Kier molecular flexibility index (Phi) is 6.11. The number of hydrogen-bond donors (Lipinski definition) is 0. The fourth-order valence-corrected chi connectivity index (χ4v) is 5.54. The number of aromatic nitrogens is 1. The lowest BCUT2D eigenvalue weighted by molar-refractivity contribution is 0.172. The average molecular weight is 378 g/mol. The predicted octanol–water partition coefficient (Wildman–Crippen LogP) is 3.62. The Balaban J connectivity index is 1.91. The van der Waals surface area contributed by atoms with Crippen LogP contribution < -0.4 is 0 Å². The summed E-state index contributed by atoms with van der Waals surface area (Å²) in [4.78, 5) is 0.352. The summed E-state index contributed by atoms with van der Waals surface area (Å²) in [6, 6.07) is 7.16. The third-order valence-corrected chi connectivity index (χ3v) is 7.05. The van der Waals surface area contributed by atoms with Gasteiger partial charge >= 0.3 is 0 Å². The molecule has 2 heterocycles. The molecule has 6 nitrogen and oxygen atoms in total. The highest BCUT2D eigenvalue weighted by Crippen LogP contribution is 2.31. The summed E-state index contributed by atoms with van der Waals surface area (Å²) in [7, 11) is -1.89. The normalized spacial score (nSPS) is 18.9. The molecule has 0 amide bonds. The van der Waals surface area contributed by atoms with Crippen LogP contribution in [0.2, 0.25) is 0 Å². The van der Waals surface area contributed by atoms with Crippen LogP contribution in [0.25, 0.3) is 11.3 Å². The molecular formula is C19H26N2O4S. The predicted molar refractivity (Wildman–Crippen MR) is 99.3 cm³/mol. The second-order valence-electron chi connectivity index (χ2n) is 6.76. The summed E-state index contributed by atoms with van der Waals surface area (Å²) < 4.78 is 38.9. The number of ether oxygens (including phenoxy) is 1. The van der Waals surface area contributed by atoms with E-state index in [4.69, 9.17) is 9.26 Å². The zero-order chi connectivity index (χ0) is 18.6. The molecule has 0 spiro atoms. The minimum Gasteiger partial charge on any atom is -0.385 e. The van der Waals surface area contributed by atoms with Crippen molar-refractivity contribution in [3.05, 3.63) is 36.0 Å². The molecule has 0 radical (unpaired) electrons. The number of piperidine rings is 1. The summed E-state index contributed by atoms with van der Waals surface area (Å²) in [6.45, 7) is 3.07. The van der Waals surface area contributed by atoms with Gasteiger partial charge in [-0.25, -0.2) is 8.42 Å². The summed E-state index contributed by atoms with van der Waals surface area (Å²) in [5, 5.41) is 3.71. The van der Waals surface area contributed by atoms with Gasteiger partial charge in [-0.3, -0.25) is 0 Å². The zero-order valence-corrected chi connectivity index (χ0v) is 16.2. The fourth-order valence-electron chi connectivity index (χ4n) is 3.56. The van der Waals surface area contributed by atoms with E-state index in [0.29, 0.717) is 23.8 Å². The number of nitrogens with zero attached hydrogens (tertiary/aromatic N) is 2. The van der Waals surface area contributed by atoms with E-state index in [9.17, 15) is 8.42 Å². The topological polar surface area (TPSA) is 72.6 Å². The van der Waals surface area contributed by atoms with Gasteiger partial charge in [-0.05, 0) is 44.2 Å². The van der Waals surface area contributed by atoms with Gasteiger partial charge < -0.3 is 9.26 Å². The lowest BCUT2D eigenvalue weighted by Crippen LogP contribution is -2.43. The van der Waals surface area contributed by atoms with Crippen LogP contribution in [0.5, 0.6) is 0 Å². The van der Waals surface area contributed by atoms with Gasteiger partial charge in [-0.2, -0.15) is 4.31 Å². The molecule has 0 bridgehead atoms. The highest BCUT2D eigenvalue weighted by atomic mass is 32.2. The molecule has 0 unspecified atom stereocenters. The van der Waals surface area contributed by atoms with E-state index in [2.05, 4.69) is 5.16 Å². The maximum absolute atomic E-state index is 13.4. The quantitative estimate of drug-likeness (QED) is 0.688. The van der Waals surface area contributed by atoms with Gasteiger partial charge in [-0.15, -0.1) is 0 Å². The monoisotopic (exact) mass is 378 g/mol. The molecule has 1 saturated heterocycles. The SMILES string of the molecule is COCCC[C@H]1CCCCN1S(=O)(=O)c1cc(-c2ccno2)ccc1C. The Labute approximate surface area is 155 Å². The molecule has 26 heavy (non-hydrogen) atoms. The van der Waals surface area contributed by atoms with Crippen molar-refractivity contribution in [2.24, 2.45) is 0 Å². The number of methoxy groups -OCH3 is 1. The highest BCUT2D eigenvalue weighted by Gasteiger charge is 2.34. The lowest BCUT2D eigenvalue weighted by atomic mass is 10.0. The van der Waals surface area contributed by atoms with Crippen LogP contribution in [0, 0.1) is 6.92 Å². The molecule has 3 rings (SSSR count). The molecule has 2 aromatic rings. The molecule has 0 saturated carbocycles. The van der Waals surface area contributed by atoms with Crippen LogP contribution >= 0.6 is 0 Å². The van der Waals surface area contributed by atoms with E-state index >= 15 is 0 Å². The highest BCUT2D eigenvalue weighted by molar-refractivity contribution is 7.89. The lowest BCUT2D eigenvalue weighted by Gasteiger charge is -2.35. The number of rotatable bonds is 7. The second-order valence-corrected chi connectivity index (χ2v) is 8.62. The van der Waals surface area contributed by atoms with E-state index in [0.717, 1.165) is 43.2 Å². The molecule has 1 aromatic heterocycles. The molecule has 142 valence electrons. The third kappa shape index (κ3) is 4.00. The van der Waals surface area contributed by atoms with Crippen LogP contribution in [0.1, 0.15) is 37.7 Å². The van der Waals surface area contributed by atoms with Crippen molar-refractivity contribution in [3.63, 3.8) is 0 Å². The van der Waals surface area contributed by atoms with E-state index in [1.165, 1.54) is 0 Å². The van der Waals surface area contributed by atoms with Gasteiger partial charge in [0.15, 0.2) is 5.76 Å². The van der Waals surface area contributed by atoms with Crippen molar-refractivity contribution in [3.8, 4) is 11.3 Å². The molecule has 1 fully saturated rings. The van der Waals surface area contributed by atoms with E-state index < -0.39 is 10.0 Å². The summed E-state index contributed by atoms with van der Waals surface area (Å²) in [6.07, 6.45) is 6.13. The molecule has 1 aliphatic heterocycles. The van der Waals surface area contributed by atoms with E-state index in [-0.39, 0.29) is 6.04 Å². The van der Waals surface area contributed by atoms with Gasteiger partial charge in [0.1, 0.15) is 0 Å². The smallest absolute Gasteiger partial charge is 0.243 e. The first-order valence-electron chi connectivity index (χ1n) is 9.06. The minimum atomic E-state index is -3.56. The van der Waals surface area contributed by atoms with Gasteiger partial charge in [-0.1, -0.05) is 23.7 Å². The van der Waals surface area contributed by atoms with Gasteiger partial charge in [0.25, 0.3) is 0 Å². The number of benzene rings is 1. The average Bonchev–Trinajstić information content (AvgIpc) is 3.17. The van der Waals surface area contributed by atoms with Crippen molar-refractivity contribution in [2.75, 3.05) is 20.3 Å². The summed E-state index contributed by atoms with van der Waals surface area (Å²) in [5.41, 5.74) is 1.47. The Morgan fingerprint density at radius 2 is 2.15 bits per heavy atom. The standard InChI is InChI=1S/C19H26N2O4S/c1-15-8-9-16(18-10-11-20-25-18)14-19(15)26(22,23)21-12-4-3-6-17(21)7-5-13-24-2/h8-11,14,17H,3-7,12-13H2,1-2H3/t17-/m1/s1.